The van der Waals surface area contributed by atoms with E-state index in [-0.39, 0.29) is 5.56 Å². The lowest BCUT2D eigenvalue weighted by Gasteiger charge is -2.29. The van der Waals surface area contributed by atoms with Gasteiger partial charge in [0.1, 0.15) is 0 Å². The number of nitrogens with zero attached hydrogens (tertiary/aromatic N) is 2. The van der Waals surface area contributed by atoms with Crippen LogP contribution in [0, 0.1) is 6.92 Å². The van der Waals surface area contributed by atoms with Crippen LogP contribution in [-0.4, -0.2) is 21.6 Å². The van der Waals surface area contributed by atoms with Crippen LogP contribution in [0.4, 0.5) is 0 Å². The zero-order chi connectivity index (χ0) is 15.7. The Hall–Kier alpha value is -1.46. The van der Waals surface area contributed by atoms with Crippen molar-refractivity contribution in [2.75, 3.05) is 0 Å². The standard InChI is InChI=1S/C17H23N3OS/c1-11(2)18-14-5-6-16-13(8-14)4-7-17(21)20(16)9-15-10-22-12(3)19-15/h4,7,10-11,14,18H,5-6,8-9H2,1-3H3/t14-/m0/s1. The predicted molar refractivity (Wildman–Crippen MR) is 90.7 cm³/mol. The third kappa shape index (κ3) is 3.31. The fourth-order valence-corrected chi connectivity index (χ4v) is 3.86. The van der Waals surface area contributed by atoms with Crippen molar-refractivity contribution in [2.24, 2.45) is 0 Å². The highest BCUT2D eigenvalue weighted by molar-refractivity contribution is 7.09. The molecule has 1 aliphatic carbocycles. The van der Waals surface area contributed by atoms with Gasteiger partial charge in [-0.3, -0.25) is 4.79 Å². The molecule has 0 saturated carbocycles. The number of rotatable bonds is 4. The van der Waals surface area contributed by atoms with Gasteiger partial charge in [-0.1, -0.05) is 19.9 Å². The highest BCUT2D eigenvalue weighted by Gasteiger charge is 2.22. The first-order valence-electron chi connectivity index (χ1n) is 7.91. The van der Waals surface area contributed by atoms with E-state index in [9.17, 15) is 4.79 Å². The van der Waals surface area contributed by atoms with Gasteiger partial charge < -0.3 is 9.88 Å². The van der Waals surface area contributed by atoms with Crippen LogP contribution in [0.1, 0.15) is 42.2 Å². The Balaban J connectivity index is 1.88. The molecule has 3 rings (SSSR count). The molecule has 0 amide bonds. The maximum absolute atomic E-state index is 12.3. The second kappa shape index (κ2) is 6.34. The van der Waals surface area contributed by atoms with Crippen LogP contribution in [0.15, 0.2) is 22.3 Å². The average Bonchev–Trinajstić information content (AvgIpc) is 2.87. The molecule has 5 heteroatoms. The number of nitrogens with one attached hydrogen (secondary N) is 1. The van der Waals surface area contributed by atoms with Crippen molar-refractivity contribution < 1.29 is 0 Å². The van der Waals surface area contributed by atoms with E-state index < -0.39 is 0 Å². The maximum atomic E-state index is 12.3. The molecule has 2 aromatic rings. The molecule has 0 spiro atoms. The van der Waals surface area contributed by atoms with Crippen LogP contribution in [0.5, 0.6) is 0 Å². The van der Waals surface area contributed by atoms with Gasteiger partial charge in [0.2, 0.25) is 0 Å². The summed E-state index contributed by atoms with van der Waals surface area (Å²) in [7, 11) is 0. The lowest BCUT2D eigenvalue weighted by Crippen LogP contribution is -2.40. The van der Waals surface area contributed by atoms with E-state index in [1.165, 1.54) is 11.3 Å². The predicted octanol–water partition coefficient (Wildman–Crippen LogP) is 2.52. The molecule has 2 aromatic heterocycles. The second-order valence-electron chi connectivity index (χ2n) is 6.35. The first kappa shape index (κ1) is 15.4. The third-order valence-electron chi connectivity index (χ3n) is 4.14. The first-order chi connectivity index (χ1) is 10.5. The summed E-state index contributed by atoms with van der Waals surface area (Å²) in [5, 5.41) is 6.71. The first-order valence-corrected chi connectivity index (χ1v) is 8.79. The van der Waals surface area contributed by atoms with Crippen LogP contribution in [0.25, 0.3) is 0 Å². The summed E-state index contributed by atoms with van der Waals surface area (Å²) in [6, 6.07) is 4.72. The molecule has 22 heavy (non-hydrogen) atoms. The molecule has 0 fully saturated rings. The lowest BCUT2D eigenvalue weighted by molar-refractivity contribution is 0.411. The molecular formula is C17H23N3OS. The molecular weight excluding hydrogens is 294 g/mol. The molecule has 1 atom stereocenters. The Labute approximate surface area is 135 Å². The number of pyridine rings is 1. The smallest absolute Gasteiger partial charge is 0.251 e. The molecule has 1 aliphatic rings. The zero-order valence-corrected chi connectivity index (χ0v) is 14.2. The SMILES string of the molecule is Cc1nc(Cn2c3c(ccc2=O)C[C@@H](NC(C)C)CC3)cs1. The van der Waals surface area contributed by atoms with Gasteiger partial charge in [0.05, 0.1) is 17.2 Å². The normalized spacial score (nSPS) is 17.7. The minimum Gasteiger partial charge on any atom is -0.311 e. The Morgan fingerprint density at radius 2 is 2.27 bits per heavy atom. The number of hydrogen-bond acceptors (Lipinski definition) is 4. The third-order valence-corrected chi connectivity index (χ3v) is 4.96. The molecule has 4 nitrogen and oxygen atoms in total. The van der Waals surface area contributed by atoms with Gasteiger partial charge in [-0.05, 0) is 31.7 Å². The number of hydrogen-bond donors (Lipinski definition) is 1. The highest BCUT2D eigenvalue weighted by atomic mass is 32.1. The van der Waals surface area contributed by atoms with E-state index in [0.29, 0.717) is 18.6 Å². The van der Waals surface area contributed by atoms with Crippen LogP contribution < -0.4 is 10.9 Å². The monoisotopic (exact) mass is 317 g/mol. The summed E-state index contributed by atoms with van der Waals surface area (Å²) in [5.41, 5.74) is 3.57. The Kier molecular flexibility index (Phi) is 4.45. The number of thiazole rings is 1. The van der Waals surface area contributed by atoms with Crippen LogP contribution in [-0.2, 0) is 19.4 Å². The fourth-order valence-electron chi connectivity index (χ4n) is 3.25. The minimum absolute atomic E-state index is 0.0830. The van der Waals surface area contributed by atoms with Crippen molar-refractivity contribution in [3.63, 3.8) is 0 Å². The van der Waals surface area contributed by atoms with Crippen molar-refractivity contribution in [2.45, 2.75) is 58.7 Å². The summed E-state index contributed by atoms with van der Waals surface area (Å²) in [6.07, 6.45) is 3.05. The zero-order valence-electron chi connectivity index (χ0n) is 13.4. The molecule has 0 radical (unpaired) electrons. The van der Waals surface area contributed by atoms with Crippen molar-refractivity contribution in [3.05, 3.63) is 49.8 Å². The van der Waals surface area contributed by atoms with Crippen LogP contribution in [0.3, 0.4) is 0 Å². The van der Waals surface area contributed by atoms with Gasteiger partial charge in [-0.2, -0.15) is 0 Å². The molecule has 1 N–H and O–H groups in total. The van der Waals surface area contributed by atoms with Gasteiger partial charge in [0, 0.05) is 29.2 Å². The molecule has 0 bridgehead atoms. The van der Waals surface area contributed by atoms with E-state index in [0.717, 1.165) is 30.0 Å². The summed E-state index contributed by atoms with van der Waals surface area (Å²) < 4.78 is 1.91. The average molecular weight is 317 g/mol. The van der Waals surface area contributed by atoms with Crippen molar-refractivity contribution >= 4 is 11.3 Å². The summed E-state index contributed by atoms with van der Waals surface area (Å²) >= 11 is 1.64. The summed E-state index contributed by atoms with van der Waals surface area (Å²) in [4.78, 5) is 16.8. The minimum atomic E-state index is 0.0830. The lowest BCUT2D eigenvalue weighted by atomic mass is 9.91. The Bertz CT molecular complexity index is 717. The molecule has 0 saturated heterocycles. The van der Waals surface area contributed by atoms with Crippen LogP contribution in [0.2, 0.25) is 0 Å². The Morgan fingerprint density at radius 3 is 2.95 bits per heavy atom. The van der Waals surface area contributed by atoms with Crippen molar-refractivity contribution in [3.8, 4) is 0 Å². The van der Waals surface area contributed by atoms with Gasteiger partial charge in [0.15, 0.2) is 0 Å². The molecule has 0 aliphatic heterocycles. The van der Waals surface area contributed by atoms with Gasteiger partial charge >= 0.3 is 0 Å². The summed E-state index contributed by atoms with van der Waals surface area (Å²) in [6.45, 7) is 6.95. The molecule has 2 heterocycles. The van der Waals surface area contributed by atoms with E-state index in [2.05, 4.69) is 24.1 Å². The number of fused-ring (bicyclic) bond motifs is 1. The molecule has 0 aromatic carbocycles. The Morgan fingerprint density at radius 1 is 1.45 bits per heavy atom. The maximum Gasteiger partial charge on any atom is 0.251 e. The largest absolute Gasteiger partial charge is 0.311 e. The van der Waals surface area contributed by atoms with E-state index in [1.54, 1.807) is 17.4 Å². The molecule has 118 valence electrons. The quantitative estimate of drug-likeness (QED) is 0.942. The van der Waals surface area contributed by atoms with E-state index >= 15 is 0 Å². The molecule has 0 unspecified atom stereocenters. The number of aromatic nitrogens is 2. The van der Waals surface area contributed by atoms with E-state index in [4.69, 9.17) is 0 Å². The van der Waals surface area contributed by atoms with Gasteiger partial charge in [-0.25, -0.2) is 4.98 Å². The fraction of sp³-hybridized carbons (Fsp3) is 0.529. The van der Waals surface area contributed by atoms with Crippen molar-refractivity contribution in [1.82, 2.24) is 14.9 Å². The second-order valence-corrected chi connectivity index (χ2v) is 7.41. The number of aryl methyl sites for hydroxylation is 1. The van der Waals surface area contributed by atoms with Crippen molar-refractivity contribution in [1.29, 1.82) is 0 Å². The van der Waals surface area contributed by atoms with Crippen LogP contribution >= 0.6 is 11.3 Å². The highest BCUT2D eigenvalue weighted by Crippen LogP contribution is 2.21. The van der Waals surface area contributed by atoms with Gasteiger partial charge in [0.25, 0.3) is 5.56 Å². The topological polar surface area (TPSA) is 46.9 Å². The summed E-state index contributed by atoms with van der Waals surface area (Å²) in [5.74, 6) is 0. The van der Waals surface area contributed by atoms with Gasteiger partial charge in [-0.15, -0.1) is 11.3 Å². The van der Waals surface area contributed by atoms with E-state index in [1.807, 2.05) is 22.9 Å².